The van der Waals surface area contributed by atoms with E-state index in [0.29, 0.717) is 6.04 Å². The smallest absolute Gasteiger partial charge is 0.0878 e. The Bertz CT molecular complexity index is 404. The van der Waals surface area contributed by atoms with E-state index in [9.17, 15) is 0 Å². The number of rotatable bonds is 7. The number of methoxy groups -OCH3 is 1. The molecule has 0 spiro atoms. The van der Waals surface area contributed by atoms with Gasteiger partial charge < -0.3 is 14.8 Å². The summed E-state index contributed by atoms with van der Waals surface area (Å²) in [4.78, 5) is 1.40. The molecule has 1 unspecified atom stereocenters. The molecule has 1 aromatic rings. The monoisotopic (exact) mass is 361 g/mol. The average Bonchev–Trinajstić information content (AvgIpc) is 2.89. The Morgan fingerprint density at radius 3 is 2.75 bits per heavy atom. The molecule has 5 heteroatoms. The fourth-order valence-electron chi connectivity index (χ4n) is 2.84. The Balaban J connectivity index is 2.11. The first kappa shape index (κ1) is 16.4. The van der Waals surface area contributed by atoms with Crippen molar-refractivity contribution in [3.63, 3.8) is 0 Å². The maximum Gasteiger partial charge on any atom is 0.0878 e. The summed E-state index contributed by atoms with van der Waals surface area (Å²) in [7, 11) is 1.84. The highest BCUT2D eigenvalue weighted by atomic mass is 79.9. The van der Waals surface area contributed by atoms with Crippen LogP contribution in [0.1, 0.15) is 31.1 Å². The molecule has 0 aromatic carbocycles. The Morgan fingerprint density at radius 2 is 2.20 bits per heavy atom. The van der Waals surface area contributed by atoms with Crippen molar-refractivity contribution in [2.45, 2.75) is 44.2 Å². The van der Waals surface area contributed by atoms with Crippen LogP contribution in [0.5, 0.6) is 0 Å². The van der Waals surface area contributed by atoms with Crippen molar-refractivity contribution in [1.82, 2.24) is 5.32 Å². The third-order valence-electron chi connectivity index (χ3n) is 4.06. The molecular weight excluding hydrogens is 338 g/mol. The minimum Gasteiger partial charge on any atom is -0.381 e. The maximum atomic E-state index is 5.97. The summed E-state index contributed by atoms with van der Waals surface area (Å²) in [5, 5.41) is 3.70. The van der Waals surface area contributed by atoms with Gasteiger partial charge in [0.05, 0.1) is 9.39 Å². The molecule has 20 heavy (non-hydrogen) atoms. The van der Waals surface area contributed by atoms with Gasteiger partial charge in [-0.2, -0.15) is 0 Å². The van der Waals surface area contributed by atoms with Crippen LogP contribution >= 0.6 is 27.3 Å². The molecule has 0 saturated carbocycles. The highest BCUT2D eigenvalue weighted by Gasteiger charge is 2.40. The van der Waals surface area contributed by atoms with Crippen molar-refractivity contribution in [3.8, 4) is 0 Å². The highest BCUT2D eigenvalue weighted by Crippen LogP contribution is 2.32. The van der Waals surface area contributed by atoms with Crippen LogP contribution in [-0.2, 0) is 15.9 Å². The van der Waals surface area contributed by atoms with Crippen molar-refractivity contribution in [2.75, 3.05) is 26.9 Å². The summed E-state index contributed by atoms with van der Waals surface area (Å²) in [6.07, 6.45) is 4.10. The molecule has 1 fully saturated rings. The van der Waals surface area contributed by atoms with E-state index in [4.69, 9.17) is 9.47 Å². The lowest BCUT2D eigenvalue weighted by molar-refractivity contribution is -0.110. The molecule has 1 aromatic heterocycles. The third-order valence-corrected chi connectivity index (χ3v) is 5.70. The first-order valence-electron chi connectivity index (χ1n) is 7.30. The number of thiophene rings is 1. The Morgan fingerprint density at radius 1 is 1.45 bits per heavy atom. The minimum absolute atomic E-state index is 0.0934. The molecule has 0 aliphatic carbocycles. The van der Waals surface area contributed by atoms with Crippen LogP contribution < -0.4 is 5.32 Å². The fraction of sp³-hybridized carbons (Fsp3) is 0.733. The minimum atomic E-state index is -0.0934. The quantitative estimate of drug-likeness (QED) is 0.804. The van der Waals surface area contributed by atoms with Gasteiger partial charge in [-0.1, -0.05) is 6.92 Å². The van der Waals surface area contributed by atoms with Gasteiger partial charge in [0.2, 0.25) is 0 Å². The van der Waals surface area contributed by atoms with Gasteiger partial charge in [0, 0.05) is 44.1 Å². The summed E-state index contributed by atoms with van der Waals surface area (Å²) >= 11 is 5.36. The van der Waals surface area contributed by atoms with E-state index in [2.05, 4.69) is 40.3 Å². The first-order chi connectivity index (χ1) is 9.70. The normalized spacial score (nSPS) is 19.9. The predicted molar refractivity (Wildman–Crippen MR) is 87.6 cm³/mol. The highest BCUT2D eigenvalue weighted by molar-refractivity contribution is 9.11. The molecule has 1 saturated heterocycles. The standard InChI is InChI=1S/C15H24BrNO2S/c1-3-8-17-13(11-12-4-5-14(16)20-12)15(18-2)6-9-19-10-7-15/h4-5,13,17H,3,6-11H2,1-2H3. The van der Waals surface area contributed by atoms with Crippen LogP contribution in [-0.4, -0.2) is 38.5 Å². The van der Waals surface area contributed by atoms with E-state index in [0.717, 1.165) is 45.4 Å². The van der Waals surface area contributed by atoms with Crippen molar-refractivity contribution in [3.05, 3.63) is 20.8 Å². The zero-order chi connectivity index (χ0) is 14.4. The number of hydrogen-bond donors (Lipinski definition) is 1. The first-order valence-corrected chi connectivity index (χ1v) is 8.91. The molecule has 3 nitrogen and oxygen atoms in total. The van der Waals surface area contributed by atoms with E-state index in [1.54, 1.807) is 0 Å². The van der Waals surface area contributed by atoms with Crippen molar-refractivity contribution < 1.29 is 9.47 Å². The molecule has 1 N–H and O–H groups in total. The molecule has 0 amide bonds. The van der Waals surface area contributed by atoms with E-state index >= 15 is 0 Å². The predicted octanol–water partition coefficient (Wildman–Crippen LogP) is 3.62. The Hall–Kier alpha value is 0.0600. The third kappa shape index (κ3) is 4.04. The number of halogens is 1. The molecule has 1 aliphatic rings. The second-order valence-corrected chi connectivity index (χ2v) is 7.85. The van der Waals surface area contributed by atoms with E-state index < -0.39 is 0 Å². The molecule has 0 bridgehead atoms. The SMILES string of the molecule is CCCNC(Cc1ccc(Br)s1)C1(OC)CCOCC1. The van der Waals surface area contributed by atoms with Crippen LogP contribution in [0, 0.1) is 0 Å². The summed E-state index contributed by atoms with van der Waals surface area (Å²) in [6.45, 7) is 4.83. The average molecular weight is 362 g/mol. The zero-order valence-corrected chi connectivity index (χ0v) is 14.7. The molecule has 2 rings (SSSR count). The lowest BCUT2D eigenvalue weighted by atomic mass is 9.83. The van der Waals surface area contributed by atoms with E-state index in [-0.39, 0.29) is 5.60 Å². The fourth-order valence-corrected chi connectivity index (χ4v) is 4.37. The van der Waals surface area contributed by atoms with Crippen LogP contribution in [0.3, 0.4) is 0 Å². The second-order valence-electron chi connectivity index (χ2n) is 5.30. The Kier molecular flexibility index (Phi) is 6.49. The molecule has 114 valence electrons. The van der Waals surface area contributed by atoms with Crippen LogP contribution in [0.15, 0.2) is 15.9 Å². The van der Waals surface area contributed by atoms with Gasteiger partial charge in [-0.3, -0.25) is 0 Å². The van der Waals surface area contributed by atoms with Gasteiger partial charge in [-0.25, -0.2) is 0 Å². The zero-order valence-electron chi connectivity index (χ0n) is 12.3. The largest absolute Gasteiger partial charge is 0.381 e. The molecule has 0 radical (unpaired) electrons. The molecular formula is C15H24BrNO2S. The van der Waals surface area contributed by atoms with Crippen molar-refractivity contribution in [1.29, 1.82) is 0 Å². The number of hydrogen-bond acceptors (Lipinski definition) is 4. The summed E-state index contributed by atoms with van der Waals surface area (Å²) < 4.78 is 12.7. The van der Waals surface area contributed by atoms with Gasteiger partial charge in [-0.05, 0) is 47.4 Å². The van der Waals surface area contributed by atoms with Crippen LogP contribution in [0.4, 0.5) is 0 Å². The lowest BCUT2D eigenvalue weighted by Crippen LogP contribution is -2.56. The lowest BCUT2D eigenvalue weighted by Gasteiger charge is -2.42. The van der Waals surface area contributed by atoms with Gasteiger partial charge >= 0.3 is 0 Å². The summed E-state index contributed by atoms with van der Waals surface area (Å²) in [5.74, 6) is 0. The maximum absolute atomic E-state index is 5.97. The van der Waals surface area contributed by atoms with E-state index in [1.807, 2.05) is 18.4 Å². The topological polar surface area (TPSA) is 30.5 Å². The number of ether oxygens (including phenoxy) is 2. The molecule has 1 atom stereocenters. The molecule has 1 aliphatic heterocycles. The van der Waals surface area contributed by atoms with Gasteiger partial charge in [0.1, 0.15) is 0 Å². The van der Waals surface area contributed by atoms with Gasteiger partial charge in [0.25, 0.3) is 0 Å². The second kappa shape index (κ2) is 7.90. The molecule has 2 heterocycles. The van der Waals surface area contributed by atoms with E-state index in [1.165, 1.54) is 8.66 Å². The van der Waals surface area contributed by atoms with Gasteiger partial charge in [-0.15, -0.1) is 11.3 Å². The summed E-state index contributed by atoms with van der Waals surface area (Å²) in [6, 6.07) is 4.68. The van der Waals surface area contributed by atoms with Crippen LogP contribution in [0.25, 0.3) is 0 Å². The number of nitrogens with one attached hydrogen (secondary N) is 1. The Labute approximate surface area is 134 Å². The van der Waals surface area contributed by atoms with Crippen LogP contribution in [0.2, 0.25) is 0 Å². The van der Waals surface area contributed by atoms with Crippen molar-refractivity contribution in [2.24, 2.45) is 0 Å². The van der Waals surface area contributed by atoms with Crippen molar-refractivity contribution >= 4 is 27.3 Å². The van der Waals surface area contributed by atoms with Gasteiger partial charge in [0.15, 0.2) is 0 Å². The summed E-state index contributed by atoms with van der Waals surface area (Å²) in [5.41, 5.74) is -0.0934.